The summed E-state index contributed by atoms with van der Waals surface area (Å²) in [7, 11) is 2.02. The van der Waals surface area contributed by atoms with Gasteiger partial charge in [-0.2, -0.15) is 0 Å². The third-order valence-electron chi connectivity index (χ3n) is 4.01. The van der Waals surface area contributed by atoms with Crippen LogP contribution in [0.3, 0.4) is 0 Å². The average molecular weight is 274 g/mol. The molecule has 0 radical (unpaired) electrons. The molecular formula is C15H22N4O. The van der Waals surface area contributed by atoms with E-state index in [0.717, 1.165) is 18.8 Å². The van der Waals surface area contributed by atoms with Crippen molar-refractivity contribution in [2.24, 2.45) is 7.05 Å². The minimum atomic E-state index is 0.334. The summed E-state index contributed by atoms with van der Waals surface area (Å²) in [5, 5.41) is 3.53. The zero-order valence-electron chi connectivity index (χ0n) is 12.0. The van der Waals surface area contributed by atoms with Crippen LogP contribution in [0.2, 0.25) is 0 Å². The summed E-state index contributed by atoms with van der Waals surface area (Å²) >= 11 is 0. The summed E-state index contributed by atoms with van der Waals surface area (Å²) in [4.78, 5) is 6.65. The molecule has 3 heterocycles. The highest BCUT2D eigenvalue weighted by Crippen LogP contribution is 2.24. The fourth-order valence-corrected chi connectivity index (χ4v) is 2.84. The molecule has 5 heteroatoms. The van der Waals surface area contributed by atoms with E-state index < -0.39 is 0 Å². The summed E-state index contributed by atoms with van der Waals surface area (Å²) < 4.78 is 7.67. The van der Waals surface area contributed by atoms with E-state index in [1.54, 1.807) is 6.26 Å². The fraction of sp³-hybridized carbons (Fsp3) is 0.533. The lowest BCUT2D eigenvalue weighted by Gasteiger charge is -2.26. The predicted octanol–water partition coefficient (Wildman–Crippen LogP) is 1.94. The van der Waals surface area contributed by atoms with Crippen LogP contribution in [0.5, 0.6) is 0 Å². The van der Waals surface area contributed by atoms with Gasteiger partial charge < -0.3 is 14.3 Å². The quantitative estimate of drug-likeness (QED) is 0.874. The largest absolute Gasteiger partial charge is 0.468 e. The summed E-state index contributed by atoms with van der Waals surface area (Å²) in [6.07, 6.45) is 8.09. The van der Waals surface area contributed by atoms with E-state index in [0.29, 0.717) is 6.04 Å². The van der Waals surface area contributed by atoms with Gasteiger partial charge in [-0.15, -0.1) is 0 Å². The molecule has 5 nitrogen and oxygen atoms in total. The highest BCUT2D eigenvalue weighted by atomic mass is 16.3. The van der Waals surface area contributed by atoms with E-state index in [2.05, 4.69) is 21.3 Å². The van der Waals surface area contributed by atoms with Crippen LogP contribution in [-0.2, 0) is 13.6 Å². The summed E-state index contributed by atoms with van der Waals surface area (Å²) in [6.45, 7) is 4.07. The van der Waals surface area contributed by atoms with Crippen LogP contribution in [0.4, 0.5) is 0 Å². The Hall–Kier alpha value is -1.59. The number of aryl methyl sites for hydroxylation is 1. The lowest BCUT2D eigenvalue weighted by atomic mass is 10.2. The molecule has 1 unspecified atom stereocenters. The second kappa shape index (κ2) is 6.24. The normalized spacial score (nSPS) is 17.6. The van der Waals surface area contributed by atoms with Crippen molar-refractivity contribution in [1.29, 1.82) is 0 Å². The minimum absolute atomic E-state index is 0.334. The SMILES string of the molecule is Cn1cncc1CNCC(c1ccco1)N1CCCC1. The molecule has 2 aromatic rings. The smallest absolute Gasteiger partial charge is 0.122 e. The number of aromatic nitrogens is 2. The second-order valence-corrected chi connectivity index (χ2v) is 5.40. The molecule has 3 rings (SSSR count). The van der Waals surface area contributed by atoms with Crippen LogP contribution in [-0.4, -0.2) is 34.1 Å². The first-order valence-corrected chi connectivity index (χ1v) is 7.28. The fourth-order valence-electron chi connectivity index (χ4n) is 2.84. The Morgan fingerprint density at radius 2 is 2.25 bits per heavy atom. The number of hydrogen-bond acceptors (Lipinski definition) is 4. The molecule has 1 N–H and O–H groups in total. The van der Waals surface area contributed by atoms with E-state index >= 15 is 0 Å². The van der Waals surface area contributed by atoms with Crippen molar-refractivity contribution in [3.05, 3.63) is 42.4 Å². The van der Waals surface area contributed by atoms with Gasteiger partial charge in [0.25, 0.3) is 0 Å². The van der Waals surface area contributed by atoms with Crippen LogP contribution in [0.1, 0.15) is 30.3 Å². The molecule has 1 atom stereocenters. The van der Waals surface area contributed by atoms with E-state index in [9.17, 15) is 0 Å². The first-order valence-electron chi connectivity index (χ1n) is 7.28. The Labute approximate surface area is 119 Å². The first kappa shape index (κ1) is 13.4. The molecule has 1 aliphatic heterocycles. The predicted molar refractivity (Wildman–Crippen MR) is 77.2 cm³/mol. The van der Waals surface area contributed by atoms with Gasteiger partial charge in [-0.1, -0.05) is 0 Å². The molecule has 0 aromatic carbocycles. The van der Waals surface area contributed by atoms with Gasteiger partial charge in [-0.25, -0.2) is 4.98 Å². The molecular weight excluding hydrogens is 252 g/mol. The molecule has 1 fully saturated rings. The molecule has 1 aliphatic rings. The van der Waals surface area contributed by atoms with Crippen molar-refractivity contribution in [3.8, 4) is 0 Å². The van der Waals surface area contributed by atoms with Gasteiger partial charge in [0, 0.05) is 26.3 Å². The zero-order chi connectivity index (χ0) is 13.8. The number of imidazole rings is 1. The number of rotatable bonds is 6. The number of furan rings is 1. The molecule has 108 valence electrons. The molecule has 20 heavy (non-hydrogen) atoms. The van der Waals surface area contributed by atoms with Gasteiger partial charge in [0.2, 0.25) is 0 Å². The Morgan fingerprint density at radius 3 is 2.90 bits per heavy atom. The van der Waals surface area contributed by atoms with Gasteiger partial charge in [0.15, 0.2) is 0 Å². The standard InChI is InChI=1S/C15H22N4O/c1-18-12-17-10-13(18)9-16-11-14(15-5-4-8-20-15)19-6-2-3-7-19/h4-5,8,10,12,14,16H,2-3,6-7,9,11H2,1H3. The Kier molecular flexibility index (Phi) is 4.18. The molecule has 0 amide bonds. The third-order valence-corrected chi connectivity index (χ3v) is 4.01. The Balaban J connectivity index is 1.60. The van der Waals surface area contributed by atoms with Gasteiger partial charge >= 0.3 is 0 Å². The van der Waals surface area contributed by atoms with Gasteiger partial charge in [-0.05, 0) is 38.1 Å². The second-order valence-electron chi connectivity index (χ2n) is 5.40. The van der Waals surface area contributed by atoms with Crippen LogP contribution in [0, 0.1) is 0 Å². The monoisotopic (exact) mass is 274 g/mol. The molecule has 2 aromatic heterocycles. The van der Waals surface area contributed by atoms with Crippen molar-refractivity contribution in [2.75, 3.05) is 19.6 Å². The number of nitrogens with one attached hydrogen (secondary N) is 1. The first-order chi connectivity index (χ1) is 9.84. The molecule has 0 saturated carbocycles. The molecule has 0 spiro atoms. The van der Waals surface area contributed by atoms with E-state index in [-0.39, 0.29) is 0 Å². The molecule has 1 saturated heterocycles. The number of likely N-dealkylation sites (tertiary alicyclic amines) is 1. The van der Waals surface area contributed by atoms with E-state index in [1.807, 2.05) is 30.2 Å². The number of nitrogens with zero attached hydrogens (tertiary/aromatic N) is 3. The van der Waals surface area contributed by atoms with Crippen molar-refractivity contribution in [3.63, 3.8) is 0 Å². The minimum Gasteiger partial charge on any atom is -0.468 e. The summed E-state index contributed by atoms with van der Waals surface area (Å²) in [6, 6.07) is 4.38. The summed E-state index contributed by atoms with van der Waals surface area (Å²) in [5.41, 5.74) is 1.20. The Bertz CT molecular complexity index is 514. The van der Waals surface area contributed by atoms with Crippen molar-refractivity contribution >= 4 is 0 Å². The maximum atomic E-state index is 5.62. The van der Waals surface area contributed by atoms with Crippen LogP contribution in [0.25, 0.3) is 0 Å². The lowest BCUT2D eigenvalue weighted by molar-refractivity contribution is 0.209. The van der Waals surface area contributed by atoms with Crippen molar-refractivity contribution < 1.29 is 4.42 Å². The topological polar surface area (TPSA) is 46.2 Å². The summed E-state index contributed by atoms with van der Waals surface area (Å²) in [5.74, 6) is 1.06. The Morgan fingerprint density at radius 1 is 1.40 bits per heavy atom. The van der Waals surface area contributed by atoms with E-state index in [4.69, 9.17) is 4.42 Å². The molecule has 0 bridgehead atoms. The van der Waals surface area contributed by atoms with Gasteiger partial charge in [0.1, 0.15) is 5.76 Å². The van der Waals surface area contributed by atoms with Crippen LogP contribution < -0.4 is 5.32 Å². The maximum Gasteiger partial charge on any atom is 0.122 e. The van der Waals surface area contributed by atoms with Crippen LogP contribution >= 0.6 is 0 Å². The zero-order valence-corrected chi connectivity index (χ0v) is 12.0. The van der Waals surface area contributed by atoms with Crippen molar-refractivity contribution in [1.82, 2.24) is 19.8 Å². The van der Waals surface area contributed by atoms with Crippen molar-refractivity contribution in [2.45, 2.75) is 25.4 Å². The van der Waals surface area contributed by atoms with Crippen LogP contribution in [0.15, 0.2) is 35.3 Å². The third kappa shape index (κ3) is 2.94. The number of hydrogen-bond donors (Lipinski definition) is 1. The average Bonchev–Trinajstić information content (AvgIpc) is 3.18. The van der Waals surface area contributed by atoms with E-state index in [1.165, 1.54) is 31.6 Å². The highest BCUT2D eigenvalue weighted by Gasteiger charge is 2.25. The highest BCUT2D eigenvalue weighted by molar-refractivity contribution is 5.06. The molecule has 0 aliphatic carbocycles. The van der Waals surface area contributed by atoms with Gasteiger partial charge in [0.05, 0.1) is 24.3 Å². The van der Waals surface area contributed by atoms with Gasteiger partial charge in [-0.3, -0.25) is 4.90 Å². The lowest BCUT2D eigenvalue weighted by Crippen LogP contribution is -2.34. The maximum absolute atomic E-state index is 5.62.